The van der Waals surface area contributed by atoms with Crippen molar-refractivity contribution in [3.63, 3.8) is 0 Å². The van der Waals surface area contributed by atoms with Gasteiger partial charge < -0.3 is 16.4 Å². The minimum absolute atomic E-state index is 0.0316. The summed E-state index contributed by atoms with van der Waals surface area (Å²) in [6, 6.07) is 8.12. The zero-order chi connectivity index (χ0) is 18.8. The number of fused-ring (bicyclic) bond motifs is 1. The molecule has 0 spiro atoms. The van der Waals surface area contributed by atoms with E-state index in [1.165, 1.54) is 0 Å². The van der Waals surface area contributed by atoms with Crippen LogP contribution in [0.25, 0.3) is 0 Å². The molecule has 3 aliphatic rings. The van der Waals surface area contributed by atoms with Gasteiger partial charge in [-0.2, -0.15) is 0 Å². The number of hydrogen-bond acceptors (Lipinski definition) is 5. The molecule has 7 nitrogen and oxygen atoms in total. The summed E-state index contributed by atoms with van der Waals surface area (Å²) in [4.78, 5) is 23.4. The quantitative estimate of drug-likeness (QED) is 0.846. The Balaban J connectivity index is 1.71. The first kappa shape index (κ1) is 17.8. The summed E-state index contributed by atoms with van der Waals surface area (Å²) in [5.41, 5.74) is 15.1. The van der Waals surface area contributed by atoms with Gasteiger partial charge in [-0.25, -0.2) is 4.79 Å². The minimum atomic E-state index is -0.0316. The highest BCUT2D eigenvalue weighted by Gasteiger charge is 2.35. The Morgan fingerprint density at radius 1 is 1.22 bits per heavy atom. The van der Waals surface area contributed by atoms with Gasteiger partial charge in [-0.1, -0.05) is 24.3 Å². The molecule has 0 aromatic heterocycles. The van der Waals surface area contributed by atoms with E-state index >= 15 is 0 Å². The molecule has 142 valence electrons. The maximum atomic E-state index is 13.3. The Morgan fingerprint density at radius 3 is 2.81 bits per heavy atom. The number of carbonyl (C=O) groups excluding carboxylic acids is 1. The van der Waals surface area contributed by atoms with Crippen molar-refractivity contribution in [2.24, 2.45) is 16.5 Å². The van der Waals surface area contributed by atoms with Crippen LogP contribution in [0.3, 0.4) is 0 Å². The molecule has 0 aliphatic carbocycles. The van der Waals surface area contributed by atoms with Crippen LogP contribution in [0.4, 0.5) is 4.79 Å². The molecular formula is C20H26N6O. The van der Waals surface area contributed by atoms with E-state index < -0.39 is 0 Å². The van der Waals surface area contributed by atoms with Crippen molar-refractivity contribution >= 4 is 12.2 Å². The molecule has 1 atom stereocenters. The summed E-state index contributed by atoms with van der Waals surface area (Å²) in [5, 5.41) is 0. The number of urea groups is 1. The number of hydrogen-bond donors (Lipinski definition) is 2. The smallest absolute Gasteiger partial charge is 0.330 e. The molecule has 0 radical (unpaired) electrons. The lowest BCUT2D eigenvalue weighted by molar-refractivity contribution is 0.138. The molecule has 1 saturated heterocycles. The van der Waals surface area contributed by atoms with Crippen LogP contribution in [0.1, 0.15) is 24.0 Å². The van der Waals surface area contributed by atoms with Gasteiger partial charge in [-0.3, -0.25) is 14.8 Å². The molecule has 4 rings (SSSR count). The lowest BCUT2D eigenvalue weighted by Crippen LogP contribution is -2.53. The third kappa shape index (κ3) is 3.48. The SMILES string of the molecule is NCc1ccccc1CN1C(=O)N2CC=NC=C2C=C1N1CCCC(N)C1. The maximum Gasteiger partial charge on any atom is 0.330 e. The van der Waals surface area contributed by atoms with Crippen molar-refractivity contribution in [1.29, 1.82) is 0 Å². The average molecular weight is 366 g/mol. The number of piperidine rings is 1. The number of benzene rings is 1. The van der Waals surface area contributed by atoms with Crippen molar-refractivity contribution < 1.29 is 4.79 Å². The molecular weight excluding hydrogens is 340 g/mol. The molecule has 1 unspecified atom stereocenters. The van der Waals surface area contributed by atoms with E-state index in [9.17, 15) is 4.79 Å². The lowest BCUT2D eigenvalue weighted by atomic mass is 10.0. The normalized spacial score (nSPS) is 22.5. The second kappa shape index (κ2) is 7.54. The standard InChI is InChI=1S/C20H26N6O/c21-11-15-4-1-2-5-16(15)13-26-19(24-8-3-6-17(22)14-24)10-18-12-23-7-9-25(18)20(26)27/h1-2,4-5,7,10,12,17H,3,6,8-9,11,13-14,21-22H2. The zero-order valence-corrected chi connectivity index (χ0v) is 15.4. The predicted molar refractivity (Wildman–Crippen MR) is 105 cm³/mol. The summed E-state index contributed by atoms with van der Waals surface area (Å²) >= 11 is 0. The molecule has 4 N–H and O–H groups in total. The number of carbonyl (C=O) groups is 1. The van der Waals surface area contributed by atoms with Crippen LogP contribution in [-0.2, 0) is 13.1 Å². The van der Waals surface area contributed by atoms with Crippen LogP contribution >= 0.6 is 0 Å². The Labute approximate surface area is 159 Å². The fourth-order valence-corrected chi connectivity index (χ4v) is 3.90. The highest BCUT2D eigenvalue weighted by molar-refractivity contribution is 5.84. The second-order valence-electron chi connectivity index (χ2n) is 7.19. The van der Waals surface area contributed by atoms with Gasteiger partial charge in [0.05, 0.1) is 25.0 Å². The van der Waals surface area contributed by atoms with Crippen LogP contribution in [0.2, 0.25) is 0 Å². The van der Waals surface area contributed by atoms with Crippen LogP contribution in [-0.4, -0.2) is 52.6 Å². The van der Waals surface area contributed by atoms with E-state index in [1.54, 1.807) is 17.3 Å². The molecule has 0 saturated carbocycles. The predicted octanol–water partition coefficient (Wildman–Crippen LogP) is 1.57. The van der Waals surface area contributed by atoms with Gasteiger partial charge in [0, 0.05) is 38.0 Å². The average Bonchev–Trinajstić information content (AvgIpc) is 2.70. The summed E-state index contributed by atoms with van der Waals surface area (Å²) < 4.78 is 0. The van der Waals surface area contributed by atoms with Crippen LogP contribution in [0, 0.1) is 0 Å². The Kier molecular flexibility index (Phi) is 4.96. The van der Waals surface area contributed by atoms with Gasteiger partial charge in [-0.15, -0.1) is 0 Å². The summed E-state index contributed by atoms with van der Waals surface area (Å²) in [5.74, 6) is 0.904. The van der Waals surface area contributed by atoms with Crippen LogP contribution < -0.4 is 11.5 Å². The third-order valence-electron chi connectivity index (χ3n) is 5.35. The lowest BCUT2D eigenvalue weighted by Gasteiger charge is -2.44. The van der Waals surface area contributed by atoms with Crippen LogP contribution in [0.15, 0.2) is 53.1 Å². The summed E-state index contributed by atoms with van der Waals surface area (Å²) in [6.45, 7) is 3.09. The van der Waals surface area contributed by atoms with Gasteiger partial charge in [0.15, 0.2) is 0 Å². The van der Waals surface area contributed by atoms with Gasteiger partial charge in [0.25, 0.3) is 0 Å². The van der Waals surface area contributed by atoms with Gasteiger partial charge in [0.2, 0.25) is 0 Å². The molecule has 27 heavy (non-hydrogen) atoms. The fraction of sp³-hybridized carbons (Fsp3) is 0.400. The summed E-state index contributed by atoms with van der Waals surface area (Å²) in [6.07, 6.45) is 7.61. The van der Waals surface area contributed by atoms with E-state index in [2.05, 4.69) is 16.0 Å². The summed E-state index contributed by atoms with van der Waals surface area (Å²) in [7, 11) is 0. The molecule has 1 fully saturated rings. The minimum Gasteiger partial charge on any atom is -0.356 e. The van der Waals surface area contributed by atoms with Crippen molar-refractivity contribution in [3.8, 4) is 0 Å². The second-order valence-corrected chi connectivity index (χ2v) is 7.19. The fourth-order valence-electron chi connectivity index (χ4n) is 3.90. The van der Waals surface area contributed by atoms with Gasteiger partial charge in [0.1, 0.15) is 5.82 Å². The van der Waals surface area contributed by atoms with E-state index in [1.807, 2.05) is 29.2 Å². The van der Waals surface area contributed by atoms with Crippen molar-refractivity contribution in [2.45, 2.75) is 32.0 Å². The van der Waals surface area contributed by atoms with Crippen molar-refractivity contribution in [1.82, 2.24) is 14.7 Å². The van der Waals surface area contributed by atoms with E-state index in [-0.39, 0.29) is 12.1 Å². The Bertz CT molecular complexity index is 814. The number of aliphatic imine (C=N–C) groups is 1. The Morgan fingerprint density at radius 2 is 2.04 bits per heavy atom. The molecule has 7 heteroatoms. The number of amides is 2. The first-order chi connectivity index (χ1) is 13.2. The van der Waals surface area contributed by atoms with E-state index in [0.29, 0.717) is 19.6 Å². The van der Waals surface area contributed by atoms with Crippen molar-refractivity contribution in [2.75, 3.05) is 19.6 Å². The Hall–Kier alpha value is -2.64. The third-order valence-corrected chi connectivity index (χ3v) is 5.35. The molecule has 3 heterocycles. The maximum absolute atomic E-state index is 13.3. The van der Waals surface area contributed by atoms with Gasteiger partial charge >= 0.3 is 6.03 Å². The zero-order valence-electron chi connectivity index (χ0n) is 15.4. The number of nitrogens with two attached hydrogens (primary N) is 2. The van der Waals surface area contributed by atoms with E-state index in [0.717, 1.165) is 48.6 Å². The topological polar surface area (TPSA) is 91.2 Å². The molecule has 2 amide bonds. The highest BCUT2D eigenvalue weighted by atomic mass is 16.2. The number of rotatable bonds is 4. The van der Waals surface area contributed by atoms with E-state index in [4.69, 9.17) is 11.5 Å². The molecule has 0 bridgehead atoms. The molecule has 1 aromatic rings. The van der Waals surface area contributed by atoms with Crippen LogP contribution in [0.5, 0.6) is 0 Å². The number of nitrogens with zero attached hydrogens (tertiary/aromatic N) is 4. The molecule has 3 aliphatic heterocycles. The first-order valence-electron chi connectivity index (χ1n) is 9.47. The molecule has 1 aromatic carbocycles. The highest BCUT2D eigenvalue weighted by Crippen LogP contribution is 2.29. The van der Waals surface area contributed by atoms with Gasteiger partial charge in [-0.05, 0) is 24.0 Å². The monoisotopic (exact) mass is 366 g/mol. The first-order valence-corrected chi connectivity index (χ1v) is 9.47. The largest absolute Gasteiger partial charge is 0.356 e. The van der Waals surface area contributed by atoms with Crippen molar-refractivity contribution in [3.05, 3.63) is 59.2 Å². The number of likely N-dealkylation sites (tertiary alicyclic amines) is 1. The number of allylic oxidation sites excluding steroid dienone is 1.